The Morgan fingerprint density at radius 1 is 1.53 bits per heavy atom. The number of likely N-dealkylation sites (tertiary alicyclic amines) is 1. The summed E-state index contributed by atoms with van der Waals surface area (Å²) in [5.41, 5.74) is -0.307. The molecule has 1 atom stereocenters. The van der Waals surface area contributed by atoms with Gasteiger partial charge in [0.15, 0.2) is 0 Å². The lowest BCUT2D eigenvalue weighted by atomic mass is 9.93. The van der Waals surface area contributed by atoms with Gasteiger partial charge in [-0.05, 0) is 37.1 Å². The summed E-state index contributed by atoms with van der Waals surface area (Å²) in [4.78, 5) is 2.20. The maximum atomic E-state index is 13.4. The van der Waals surface area contributed by atoms with E-state index in [0.29, 0.717) is 18.5 Å². The van der Waals surface area contributed by atoms with Crippen LogP contribution in [0.5, 0.6) is 0 Å². The molecule has 1 aromatic carbocycles. The molecule has 94 valence electrons. The highest BCUT2D eigenvalue weighted by atomic mass is 35.5. The van der Waals surface area contributed by atoms with Crippen molar-refractivity contribution in [2.24, 2.45) is 0 Å². The first-order valence-electron chi connectivity index (χ1n) is 5.95. The van der Waals surface area contributed by atoms with Gasteiger partial charge in [-0.2, -0.15) is 0 Å². The van der Waals surface area contributed by atoms with Crippen molar-refractivity contribution >= 4 is 11.6 Å². The molecule has 0 radical (unpaired) electrons. The highest BCUT2D eigenvalue weighted by Gasteiger charge is 2.37. The molecule has 0 bridgehead atoms. The molecule has 2 rings (SSSR count). The van der Waals surface area contributed by atoms with Crippen LogP contribution in [0.4, 0.5) is 4.39 Å². The third-order valence-electron chi connectivity index (χ3n) is 3.32. The Morgan fingerprint density at radius 3 is 2.94 bits per heavy atom. The quantitative estimate of drug-likeness (QED) is 0.900. The Balaban J connectivity index is 2.18. The van der Waals surface area contributed by atoms with Gasteiger partial charge in [0, 0.05) is 13.1 Å². The first kappa shape index (κ1) is 12.8. The molecule has 0 saturated carbocycles. The number of aliphatic hydroxyl groups is 1. The van der Waals surface area contributed by atoms with E-state index in [1.165, 1.54) is 12.1 Å². The molecule has 1 aliphatic rings. The van der Waals surface area contributed by atoms with Crippen molar-refractivity contribution in [1.82, 2.24) is 4.90 Å². The molecule has 2 nitrogen and oxygen atoms in total. The molecule has 0 spiro atoms. The highest BCUT2D eigenvalue weighted by Crippen LogP contribution is 2.33. The summed E-state index contributed by atoms with van der Waals surface area (Å²) < 4.78 is 13.4. The van der Waals surface area contributed by atoms with Gasteiger partial charge >= 0.3 is 0 Å². The standard InChI is InChI=1S/C13H17ClFNO/c1-2-6-16-7-5-13(17,9-16)10-3-4-11(14)12(15)8-10/h3-4,8,17H,2,5-7,9H2,1H3. The molecule has 0 amide bonds. The predicted octanol–water partition coefficient (Wildman–Crippen LogP) is 2.78. The van der Waals surface area contributed by atoms with Crippen LogP contribution in [0, 0.1) is 5.82 Å². The number of halogens is 2. The van der Waals surface area contributed by atoms with Gasteiger partial charge in [0.25, 0.3) is 0 Å². The molecule has 4 heteroatoms. The SMILES string of the molecule is CCCN1CCC(O)(c2ccc(Cl)c(F)c2)C1. The summed E-state index contributed by atoms with van der Waals surface area (Å²) in [6, 6.07) is 4.56. The Hall–Kier alpha value is -0.640. The molecule has 1 saturated heterocycles. The summed E-state index contributed by atoms with van der Waals surface area (Å²) in [7, 11) is 0. The topological polar surface area (TPSA) is 23.5 Å². The molecule has 0 aromatic heterocycles. The molecule has 1 fully saturated rings. The van der Waals surface area contributed by atoms with E-state index >= 15 is 0 Å². The average Bonchev–Trinajstić information content (AvgIpc) is 2.66. The summed E-state index contributed by atoms with van der Waals surface area (Å²) in [6.45, 7) is 4.51. The molecule has 1 heterocycles. The lowest BCUT2D eigenvalue weighted by Gasteiger charge is -2.24. The fourth-order valence-corrected chi connectivity index (χ4v) is 2.52. The Labute approximate surface area is 106 Å². The van der Waals surface area contributed by atoms with Crippen LogP contribution in [0.1, 0.15) is 25.3 Å². The van der Waals surface area contributed by atoms with Crippen molar-refractivity contribution < 1.29 is 9.50 Å². The molecule has 1 aliphatic heterocycles. The van der Waals surface area contributed by atoms with Gasteiger partial charge in [0.2, 0.25) is 0 Å². The summed E-state index contributed by atoms with van der Waals surface area (Å²) >= 11 is 5.64. The maximum absolute atomic E-state index is 13.4. The van der Waals surface area contributed by atoms with Crippen molar-refractivity contribution in [2.75, 3.05) is 19.6 Å². The zero-order valence-electron chi connectivity index (χ0n) is 9.92. The Morgan fingerprint density at radius 2 is 2.29 bits per heavy atom. The number of benzene rings is 1. The second kappa shape index (κ2) is 4.92. The minimum atomic E-state index is -0.930. The van der Waals surface area contributed by atoms with Crippen LogP contribution in [0.15, 0.2) is 18.2 Å². The van der Waals surface area contributed by atoms with Crippen LogP contribution in [-0.2, 0) is 5.60 Å². The minimum Gasteiger partial charge on any atom is -0.384 e. The van der Waals surface area contributed by atoms with Gasteiger partial charge in [0.1, 0.15) is 11.4 Å². The maximum Gasteiger partial charge on any atom is 0.142 e. The number of hydrogen-bond acceptors (Lipinski definition) is 2. The largest absolute Gasteiger partial charge is 0.384 e. The van der Waals surface area contributed by atoms with Crippen molar-refractivity contribution in [3.63, 3.8) is 0 Å². The molecular formula is C13H17ClFNO. The van der Waals surface area contributed by atoms with Gasteiger partial charge in [-0.25, -0.2) is 4.39 Å². The first-order valence-corrected chi connectivity index (χ1v) is 6.33. The summed E-state index contributed by atoms with van der Waals surface area (Å²) in [5, 5.41) is 10.6. The van der Waals surface area contributed by atoms with Crippen LogP contribution in [0.2, 0.25) is 5.02 Å². The Kier molecular flexibility index (Phi) is 3.71. The summed E-state index contributed by atoms with van der Waals surface area (Å²) in [5.74, 6) is -0.466. The smallest absolute Gasteiger partial charge is 0.142 e. The number of rotatable bonds is 3. The van der Waals surface area contributed by atoms with Crippen molar-refractivity contribution in [1.29, 1.82) is 0 Å². The zero-order valence-corrected chi connectivity index (χ0v) is 10.7. The van der Waals surface area contributed by atoms with Crippen molar-refractivity contribution in [3.05, 3.63) is 34.6 Å². The van der Waals surface area contributed by atoms with Gasteiger partial charge < -0.3 is 10.0 Å². The van der Waals surface area contributed by atoms with E-state index in [1.54, 1.807) is 6.07 Å². The average molecular weight is 258 g/mol. The molecule has 17 heavy (non-hydrogen) atoms. The predicted molar refractivity (Wildman–Crippen MR) is 66.7 cm³/mol. The van der Waals surface area contributed by atoms with Crippen LogP contribution >= 0.6 is 11.6 Å². The third-order valence-corrected chi connectivity index (χ3v) is 3.63. The van der Waals surface area contributed by atoms with E-state index in [4.69, 9.17) is 11.6 Å². The van der Waals surface area contributed by atoms with Crippen LogP contribution in [-0.4, -0.2) is 29.6 Å². The lowest BCUT2D eigenvalue weighted by molar-refractivity contribution is 0.0459. The molecule has 1 unspecified atom stereocenters. The second-order valence-electron chi connectivity index (χ2n) is 4.69. The monoisotopic (exact) mass is 257 g/mol. The number of hydrogen-bond donors (Lipinski definition) is 1. The molecule has 1 N–H and O–H groups in total. The minimum absolute atomic E-state index is 0.0979. The second-order valence-corrected chi connectivity index (χ2v) is 5.09. The van der Waals surface area contributed by atoms with Crippen LogP contribution in [0.25, 0.3) is 0 Å². The van der Waals surface area contributed by atoms with E-state index in [1.807, 2.05) is 0 Å². The number of nitrogens with zero attached hydrogens (tertiary/aromatic N) is 1. The van der Waals surface area contributed by atoms with E-state index in [-0.39, 0.29) is 5.02 Å². The van der Waals surface area contributed by atoms with Gasteiger partial charge in [0.05, 0.1) is 5.02 Å². The first-order chi connectivity index (χ1) is 8.05. The van der Waals surface area contributed by atoms with Gasteiger partial charge in [-0.3, -0.25) is 0 Å². The van der Waals surface area contributed by atoms with E-state index < -0.39 is 11.4 Å². The highest BCUT2D eigenvalue weighted by molar-refractivity contribution is 6.30. The lowest BCUT2D eigenvalue weighted by Crippen LogP contribution is -2.31. The zero-order chi connectivity index (χ0) is 12.5. The van der Waals surface area contributed by atoms with Crippen molar-refractivity contribution in [3.8, 4) is 0 Å². The molecule has 0 aliphatic carbocycles. The fraction of sp³-hybridized carbons (Fsp3) is 0.538. The van der Waals surface area contributed by atoms with Crippen LogP contribution < -0.4 is 0 Å². The van der Waals surface area contributed by atoms with E-state index in [0.717, 1.165) is 19.5 Å². The van der Waals surface area contributed by atoms with Gasteiger partial charge in [-0.1, -0.05) is 24.6 Å². The van der Waals surface area contributed by atoms with Crippen molar-refractivity contribution in [2.45, 2.75) is 25.4 Å². The van der Waals surface area contributed by atoms with Crippen LogP contribution in [0.3, 0.4) is 0 Å². The molecule has 1 aromatic rings. The van der Waals surface area contributed by atoms with Gasteiger partial charge in [-0.15, -0.1) is 0 Å². The fourth-order valence-electron chi connectivity index (χ4n) is 2.40. The van der Waals surface area contributed by atoms with E-state index in [2.05, 4.69) is 11.8 Å². The normalized spacial score (nSPS) is 25.4. The van der Waals surface area contributed by atoms with E-state index in [9.17, 15) is 9.50 Å². The summed E-state index contributed by atoms with van der Waals surface area (Å²) in [6.07, 6.45) is 1.71. The Bertz CT molecular complexity index is 412. The third kappa shape index (κ3) is 2.62. The number of β-amino-alcohol motifs (C(OH)–C–C–N with tert-alkyl or cyclic N) is 1. The molecular weight excluding hydrogens is 241 g/mol.